The van der Waals surface area contributed by atoms with Gasteiger partial charge < -0.3 is 19.5 Å². The second kappa shape index (κ2) is 8.41. The summed E-state index contributed by atoms with van der Waals surface area (Å²) in [6.07, 6.45) is 3.11. The van der Waals surface area contributed by atoms with Crippen LogP contribution in [0.15, 0.2) is 24.4 Å². The molecule has 0 bridgehead atoms. The number of hydrogen-bond donors (Lipinski definition) is 1. The van der Waals surface area contributed by atoms with Crippen LogP contribution in [0, 0.1) is 6.92 Å². The topological polar surface area (TPSA) is 89.0 Å². The van der Waals surface area contributed by atoms with Crippen LogP contribution < -0.4 is 4.74 Å². The van der Waals surface area contributed by atoms with Crippen LogP contribution in [-0.4, -0.2) is 51.8 Å². The number of aromatic nitrogens is 1. The zero-order valence-corrected chi connectivity index (χ0v) is 17.9. The van der Waals surface area contributed by atoms with Gasteiger partial charge in [-0.05, 0) is 58.7 Å². The Hall–Kier alpha value is -2.61. The van der Waals surface area contributed by atoms with Crippen molar-refractivity contribution in [2.45, 2.75) is 52.2 Å². The number of benzene rings is 1. The van der Waals surface area contributed by atoms with Crippen molar-refractivity contribution in [2.75, 3.05) is 13.2 Å². The van der Waals surface area contributed by atoms with E-state index in [2.05, 4.69) is 4.98 Å². The van der Waals surface area contributed by atoms with Crippen LogP contribution in [0.2, 0.25) is 0 Å². The molecule has 8 heteroatoms. The summed E-state index contributed by atoms with van der Waals surface area (Å²) in [6, 6.07) is 4.77. The van der Waals surface area contributed by atoms with Crippen LogP contribution >= 0.6 is 11.3 Å². The van der Waals surface area contributed by atoms with Crippen LogP contribution in [-0.2, 0) is 4.74 Å². The molecule has 1 amide bonds. The fourth-order valence-corrected chi connectivity index (χ4v) is 3.93. The lowest BCUT2D eigenvalue weighted by Crippen LogP contribution is -2.42. The van der Waals surface area contributed by atoms with Gasteiger partial charge in [0.05, 0.1) is 11.6 Å². The quantitative estimate of drug-likeness (QED) is 0.764. The molecule has 1 aromatic heterocycles. The van der Waals surface area contributed by atoms with E-state index >= 15 is 0 Å². The van der Waals surface area contributed by atoms with Crippen molar-refractivity contribution in [1.82, 2.24) is 9.88 Å². The van der Waals surface area contributed by atoms with Crippen LogP contribution in [0.3, 0.4) is 0 Å². The standard InChI is InChI=1S/C21H26N2O5S/c1-13-11-22-18(29-13)14-8-15(19(24)25)10-17(9-14)27-12-16-6-5-7-23(16)20(26)28-21(2,3)4/h8-11,16H,5-7,12H2,1-4H3,(H,24,25)/t16-/m1/s1. The molecule has 0 spiro atoms. The van der Waals surface area contributed by atoms with Crippen molar-refractivity contribution < 1.29 is 24.2 Å². The smallest absolute Gasteiger partial charge is 0.410 e. The van der Waals surface area contributed by atoms with Gasteiger partial charge in [0.15, 0.2) is 0 Å². The zero-order valence-electron chi connectivity index (χ0n) is 17.1. The first-order valence-electron chi connectivity index (χ1n) is 9.56. The van der Waals surface area contributed by atoms with Crippen LogP contribution in [0.5, 0.6) is 5.75 Å². The molecular weight excluding hydrogens is 392 g/mol. The summed E-state index contributed by atoms with van der Waals surface area (Å²) in [5, 5.41) is 10.2. The summed E-state index contributed by atoms with van der Waals surface area (Å²) in [7, 11) is 0. The fourth-order valence-electron chi connectivity index (χ4n) is 3.18. The molecule has 7 nitrogen and oxygen atoms in total. The molecule has 156 valence electrons. The highest BCUT2D eigenvalue weighted by Crippen LogP contribution is 2.30. The van der Waals surface area contributed by atoms with Gasteiger partial charge in [0.2, 0.25) is 0 Å². The van der Waals surface area contributed by atoms with Gasteiger partial charge >= 0.3 is 12.1 Å². The highest BCUT2D eigenvalue weighted by molar-refractivity contribution is 7.14. The monoisotopic (exact) mass is 418 g/mol. The molecule has 2 heterocycles. The molecule has 1 N–H and O–H groups in total. The Balaban J connectivity index is 1.75. The number of carbonyl (C=O) groups excluding carboxylic acids is 1. The minimum absolute atomic E-state index is 0.108. The van der Waals surface area contributed by atoms with Crippen molar-refractivity contribution in [3.8, 4) is 16.3 Å². The Morgan fingerprint density at radius 2 is 2.07 bits per heavy atom. The van der Waals surface area contributed by atoms with E-state index in [9.17, 15) is 14.7 Å². The van der Waals surface area contributed by atoms with Crippen molar-refractivity contribution in [1.29, 1.82) is 0 Å². The third-order valence-electron chi connectivity index (χ3n) is 4.47. The Kier molecular flexibility index (Phi) is 6.12. The Morgan fingerprint density at radius 3 is 2.69 bits per heavy atom. The molecule has 1 aliphatic rings. The summed E-state index contributed by atoms with van der Waals surface area (Å²) < 4.78 is 11.4. The summed E-state index contributed by atoms with van der Waals surface area (Å²) in [6.45, 7) is 8.37. The second-order valence-electron chi connectivity index (χ2n) is 8.11. The lowest BCUT2D eigenvalue weighted by atomic mass is 10.1. The van der Waals surface area contributed by atoms with E-state index in [1.807, 2.05) is 27.7 Å². The number of likely N-dealkylation sites (tertiary alicyclic amines) is 1. The molecule has 0 saturated carbocycles. The van der Waals surface area contributed by atoms with Crippen molar-refractivity contribution >= 4 is 23.4 Å². The van der Waals surface area contributed by atoms with E-state index in [0.29, 0.717) is 17.9 Å². The van der Waals surface area contributed by atoms with E-state index in [0.717, 1.165) is 22.7 Å². The van der Waals surface area contributed by atoms with E-state index in [1.165, 1.54) is 17.4 Å². The fraction of sp³-hybridized carbons (Fsp3) is 0.476. The number of amides is 1. The minimum Gasteiger partial charge on any atom is -0.491 e. The van der Waals surface area contributed by atoms with E-state index in [1.54, 1.807) is 23.2 Å². The van der Waals surface area contributed by atoms with E-state index < -0.39 is 11.6 Å². The molecule has 0 aliphatic carbocycles. The third-order valence-corrected chi connectivity index (χ3v) is 5.43. The Labute approximate surface area is 174 Å². The Morgan fingerprint density at radius 1 is 1.31 bits per heavy atom. The number of carboxylic acids is 1. The number of hydrogen-bond acceptors (Lipinski definition) is 6. The molecule has 1 atom stereocenters. The molecule has 0 unspecified atom stereocenters. The zero-order chi connectivity index (χ0) is 21.2. The van der Waals surface area contributed by atoms with Crippen LogP contribution in [0.4, 0.5) is 4.79 Å². The highest BCUT2D eigenvalue weighted by atomic mass is 32.1. The number of aromatic carboxylic acids is 1. The molecule has 0 radical (unpaired) electrons. The molecule has 1 fully saturated rings. The maximum Gasteiger partial charge on any atom is 0.410 e. The predicted molar refractivity (Wildman–Crippen MR) is 111 cm³/mol. The number of ether oxygens (including phenoxy) is 2. The lowest BCUT2D eigenvalue weighted by Gasteiger charge is -2.28. The number of nitrogens with zero attached hydrogens (tertiary/aromatic N) is 2. The maximum atomic E-state index is 12.4. The van der Waals surface area contributed by atoms with Crippen molar-refractivity contribution in [3.63, 3.8) is 0 Å². The summed E-state index contributed by atoms with van der Waals surface area (Å²) in [5.41, 5.74) is 0.288. The number of carbonyl (C=O) groups is 2. The first-order chi connectivity index (χ1) is 13.6. The summed E-state index contributed by atoms with van der Waals surface area (Å²) in [5.74, 6) is -0.579. The van der Waals surface area contributed by atoms with E-state index in [-0.39, 0.29) is 24.3 Å². The number of rotatable bonds is 5. The number of aryl methyl sites for hydroxylation is 1. The second-order valence-corrected chi connectivity index (χ2v) is 9.34. The number of thiazole rings is 1. The van der Waals surface area contributed by atoms with Gasteiger partial charge in [-0.2, -0.15) is 0 Å². The summed E-state index contributed by atoms with van der Waals surface area (Å²) >= 11 is 1.49. The van der Waals surface area contributed by atoms with Crippen molar-refractivity contribution in [3.05, 3.63) is 34.8 Å². The van der Waals surface area contributed by atoms with Gasteiger partial charge in [0.25, 0.3) is 0 Å². The molecule has 2 aromatic rings. The first-order valence-corrected chi connectivity index (χ1v) is 10.4. The lowest BCUT2D eigenvalue weighted by molar-refractivity contribution is 0.0187. The van der Waals surface area contributed by atoms with Gasteiger partial charge in [-0.25, -0.2) is 14.6 Å². The van der Waals surface area contributed by atoms with E-state index in [4.69, 9.17) is 9.47 Å². The van der Waals surface area contributed by atoms with Gasteiger partial charge in [-0.3, -0.25) is 0 Å². The highest BCUT2D eigenvalue weighted by Gasteiger charge is 2.32. The average molecular weight is 419 g/mol. The summed E-state index contributed by atoms with van der Waals surface area (Å²) in [4.78, 5) is 31.0. The van der Waals surface area contributed by atoms with Gasteiger partial charge in [-0.15, -0.1) is 11.3 Å². The molecular formula is C21H26N2O5S. The third kappa shape index (κ3) is 5.47. The Bertz CT molecular complexity index is 903. The van der Waals surface area contributed by atoms with Gasteiger partial charge in [0.1, 0.15) is 23.0 Å². The van der Waals surface area contributed by atoms with Crippen molar-refractivity contribution in [2.24, 2.45) is 0 Å². The largest absolute Gasteiger partial charge is 0.491 e. The molecule has 1 saturated heterocycles. The van der Waals surface area contributed by atoms with Crippen LogP contribution in [0.1, 0.15) is 48.8 Å². The molecule has 1 aliphatic heterocycles. The van der Waals surface area contributed by atoms with Gasteiger partial charge in [0, 0.05) is 23.2 Å². The average Bonchev–Trinajstić information content (AvgIpc) is 3.27. The first kappa shape index (κ1) is 21.1. The van der Waals surface area contributed by atoms with Crippen LogP contribution in [0.25, 0.3) is 10.6 Å². The maximum absolute atomic E-state index is 12.4. The molecule has 29 heavy (non-hydrogen) atoms. The normalized spacial score (nSPS) is 16.7. The van der Waals surface area contributed by atoms with Gasteiger partial charge in [-0.1, -0.05) is 0 Å². The predicted octanol–water partition coefficient (Wildman–Crippen LogP) is 4.60. The molecule has 3 rings (SSSR count). The minimum atomic E-state index is -1.03. The molecule has 1 aromatic carbocycles. The SMILES string of the molecule is Cc1cnc(-c2cc(OC[C@H]3CCCN3C(=O)OC(C)(C)C)cc(C(=O)O)c2)s1. The number of carboxylic acid groups (broad SMARTS) is 1.